The Morgan fingerprint density at radius 1 is 1.31 bits per heavy atom. The van der Waals surface area contributed by atoms with E-state index in [1.165, 1.54) is 11.1 Å². The number of aromatic amines is 1. The predicted molar refractivity (Wildman–Crippen MR) is 67.5 cm³/mol. The molecule has 3 heteroatoms. The molecule has 3 N–H and O–H groups in total. The van der Waals surface area contributed by atoms with Gasteiger partial charge in [-0.1, -0.05) is 6.07 Å². The molecule has 0 atom stereocenters. The number of rotatable bonds is 2. The summed E-state index contributed by atoms with van der Waals surface area (Å²) in [5.41, 5.74) is 10.4. The monoisotopic (exact) mass is 217 g/mol. The molecule has 0 bridgehead atoms. The number of imidazole rings is 1. The lowest BCUT2D eigenvalue weighted by Gasteiger charge is -2.15. The average Bonchev–Trinajstić information content (AvgIpc) is 2.43. The minimum atomic E-state index is -0.225. The Balaban J connectivity index is 2.48. The van der Waals surface area contributed by atoms with Crippen LogP contribution < -0.4 is 5.73 Å². The molecule has 0 spiro atoms. The summed E-state index contributed by atoms with van der Waals surface area (Å²) in [6.45, 7) is 8.21. The first-order chi connectivity index (χ1) is 7.35. The Morgan fingerprint density at radius 3 is 2.62 bits per heavy atom. The Hall–Kier alpha value is -1.35. The van der Waals surface area contributed by atoms with Gasteiger partial charge in [-0.2, -0.15) is 0 Å². The SMILES string of the molecule is Cc1cc(C)c2nc(CC(C)(C)N)[nH]c2c1. The Morgan fingerprint density at radius 2 is 2.00 bits per heavy atom. The van der Waals surface area contributed by atoms with E-state index in [9.17, 15) is 0 Å². The second-order valence-corrected chi connectivity index (χ2v) is 5.33. The molecule has 0 aliphatic rings. The topological polar surface area (TPSA) is 54.7 Å². The Bertz CT molecular complexity index is 518. The van der Waals surface area contributed by atoms with Crippen LogP contribution in [0.4, 0.5) is 0 Å². The van der Waals surface area contributed by atoms with Crippen LogP contribution in [0.2, 0.25) is 0 Å². The van der Waals surface area contributed by atoms with E-state index < -0.39 is 0 Å². The van der Waals surface area contributed by atoms with Crippen LogP contribution in [-0.2, 0) is 6.42 Å². The van der Waals surface area contributed by atoms with Crippen molar-refractivity contribution >= 4 is 11.0 Å². The largest absolute Gasteiger partial charge is 0.342 e. The highest BCUT2D eigenvalue weighted by molar-refractivity contribution is 5.79. The molecule has 1 heterocycles. The van der Waals surface area contributed by atoms with Crippen LogP contribution in [0.1, 0.15) is 30.8 Å². The molecule has 0 unspecified atom stereocenters. The molecule has 0 saturated heterocycles. The van der Waals surface area contributed by atoms with Crippen molar-refractivity contribution in [1.29, 1.82) is 0 Å². The Labute approximate surface area is 96.1 Å². The molecule has 86 valence electrons. The first-order valence-electron chi connectivity index (χ1n) is 5.60. The molecular weight excluding hydrogens is 198 g/mol. The molecule has 2 rings (SSSR count). The molecule has 0 saturated carbocycles. The van der Waals surface area contributed by atoms with Crippen molar-refractivity contribution in [3.63, 3.8) is 0 Å². The third-order valence-corrected chi connectivity index (χ3v) is 2.59. The maximum absolute atomic E-state index is 6.00. The van der Waals surface area contributed by atoms with E-state index >= 15 is 0 Å². The zero-order valence-corrected chi connectivity index (χ0v) is 10.4. The minimum Gasteiger partial charge on any atom is -0.342 e. The van der Waals surface area contributed by atoms with E-state index in [2.05, 4.69) is 35.9 Å². The number of nitrogens with zero attached hydrogens (tertiary/aromatic N) is 1. The number of benzene rings is 1. The number of fused-ring (bicyclic) bond motifs is 1. The zero-order valence-electron chi connectivity index (χ0n) is 10.4. The van der Waals surface area contributed by atoms with Gasteiger partial charge in [0.15, 0.2) is 0 Å². The summed E-state index contributed by atoms with van der Waals surface area (Å²) in [5, 5.41) is 0. The average molecular weight is 217 g/mol. The third kappa shape index (κ3) is 2.25. The normalized spacial score (nSPS) is 12.3. The van der Waals surface area contributed by atoms with Crippen molar-refractivity contribution < 1.29 is 0 Å². The van der Waals surface area contributed by atoms with Crippen LogP contribution in [-0.4, -0.2) is 15.5 Å². The smallest absolute Gasteiger partial charge is 0.109 e. The van der Waals surface area contributed by atoms with E-state index in [4.69, 9.17) is 5.73 Å². The molecule has 2 aromatic rings. The van der Waals surface area contributed by atoms with E-state index in [-0.39, 0.29) is 5.54 Å². The second-order valence-electron chi connectivity index (χ2n) is 5.33. The molecule has 0 amide bonds. The maximum atomic E-state index is 6.00. The first kappa shape index (κ1) is 11.1. The highest BCUT2D eigenvalue weighted by Gasteiger charge is 2.15. The molecule has 0 fully saturated rings. The van der Waals surface area contributed by atoms with E-state index in [0.29, 0.717) is 0 Å². The zero-order chi connectivity index (χ0) is 11.9. The summed E-state index contributed by atoms with van der Waals surface area (Å²) < 4.78 is 0. The van der Waals surface area contributed by atoms with E-state index in [1.54, 1.807) is 0 Å². The third-order valence-electron chi connectivity index (χ3n) is 2.59. The van der Waals surface area contributed by atoms with Gasteiger partial charge in [-0.3, -0.25) is 0 Å². The summed E-state index contributed by atoms with van der Waals surface area (Å²) in [4.78, 5) is 7.95. The fraction of sp³-hybridized carbons (Fsp3) is 0.462. The number of aryl methyl sites for hydroxylation is 2. The van der Waals surface area contributed by atoms with Crippen molar-refractivity contribution in [2.45, 2.75) is 39.7 Å². The van der Waals surface area contributed by atoms with Gasteiger partial charge in [0, 0.05) is 12.0 Å². The van der Waals surface area contributed by atoms with Gasteiger partial charge in [-0.15, -0.1) is 0 Å². The van der Waals surface area contributed by atoms with Crippen LogP contribution in [0.3, 0.4) is 0 Å². The van der Waals surface area contributed by atoms with E-state index in [1.807, 2.05) is 13.8 Å². The molecule has 1 aromatic heterocycles. The van der Waals surface area contributed by atoms with Crippen molar-refractivity contribution in [2.24, 2.45) is 5.73 Å². The van der Waals surface area contributed by atoms with Gasteiger partial charge in [-0.25, -0.2) is 4.98 Å². The van der Waals surface area contributed by atoms with Gasteiger partial charge < -0.3 is 10.7 Å². The fourth-order valence-corrected chi connectivity index (χ4v) is 2.04. The summed E-state index contributed by atoms with van der Waals surface area (Å²) in [7, 11) is 0. The van der Waals surface area contributed by atoms with Crippen molar-refractivity contribution in [3.05, 3.63) is 29.1 Å². The van der Waals surface area contributed by atoms with Crippen LogP contribution in [0, 0.1) is 13.8 Å². The fourth-order valence-electron chi connectivity index (χ4n) is 2.04. The molecule has 1 aromatic carbocycles. The summed E-state index contributed by atoms with van der Waals surface area (Å²) >= 11 is 0. The highest BCUT2D eigenvalue weighted by Crippen LogP contribution is 2.19. The van der Waals surface area contributed by atoms with Gasteiger partial charge in [-0.05, 0) is 44.9 Å². The summed E-state index contributed by atoms with van der Waals surface area (Å²) in [5.74, 6) is 0.969. The van der Waals surface area contributed by atoms with Gasteiger partial charge in [0.2, 0.25) is 0 Å². The summed E-state index contributed by atoms with van der Waals surface area (Å²) in [6.07, 6.45) is 0.764. The molecule has 0 radical (unpaired) electrons. The van der Waals surface area contributed by atoms with Crippen molar-refractivity contribution in [3.8, 4) is 0 Å². The van der Waals surface area contributed by atoms with Gasteiger partial charge in [0.05, 0.1) is 11.0 Å². The van der Waals surface area contributed by atoms with Crippen LogP contribution in [0.5, 0.6) is 0 Å². The molecular formula is C13H19N3. The summed E-state index contributed by atoms with van der Waals surface area (Å²) in [6, 6.07) is 4.28. The quantitative estimate of drug-likeness (QED) is 0.812. The van der Waals surface area contributed by atoms with Crippen molar-refractivity contribution in [1.82, 2.24) is 9.97 Å². The highest BCUT2D eigenvalue weighted by atomic mass is 14.9. The van der Waals surface area contributed by atoms with Gasteiger partial charge in [0.1, 0.15) is 5.82 Å². The molecule has 3 nitrogen and oxygen atoms in total. The molecule has 0 aliphatic heterocycles. The number of nitrogens with two attached hydrogens (primary N) is 1. The number of hydrogen-bond donors (Lipinski definition) is 2. The number of nitrogens with one attached hydrogen (secondary N) is 1. The van der Waals surface area contributed by atoms with Crippen LogP contribution >= 0.6 is 0 Å². The first-order valence-corrected chi connectivity index (χ1v) is 5.60. The van der Waals surface area contributed by atoms with E-state index in [0.717, 1.165) is 23.3 Å². The Kier molecular flexibility index (Phi) is 2.50. The van der Waals surface area contributed by atoms with Gasteiger partial charge in [0.25, 0.3) is 0 Å². The molecule has 16 heavy (non-hydrogen) atoms. The predicted octanol–water partition coefficient (Wildman–Crippen LogP) is 2.46. The molecule has 0 aliphatic carbocycles. The lowest BCUT2D eigenvalue weighted by molar-refractivity contribution is 0.505. The number of H-pyrrole nitrogens is 1. The maximum Gasteiger partial charge on any atom is 0.109 e. The van der Waals surface area contributed by atoms with Gasteiger partial charge >= 0.3 is 0 Å². The minimum absolute atomic E-state index is 0.225. The van der Waals surface area contributed by atoms with Crippen molar-refractivity contribution in [2.75, 3.05) is 0 Å². The van der Waals surface area contributed by atoms with Crippen LogP contribution in [0.25, 0.3) is 11.0 Å². The number of aromatic nitrogens is 2. The number of hydrogen-bond acceptors (Lipinski definition) is 2. The lowest BCUT2D eigenvalue weighted by Crippen LogP contribution is -2.34. The lowest BCUT2D eigenvalue weighted by atomic mass is 10.0. The standard InChI is InChI=1S/C13H19N3/c1-8-5-9(2)12-10(6-8)15-11(16-12)7-13(3,4)14/h5-6H,7,14H2,1-4H3,(H,15,16). The van der Waals surface area contributed by atoms with Crippen LogP contribution in [0.15, 0.2) is 12.1 Å². The second kappa shape index (κ2) is 3.59.